The highest BCUT2D eigenvalue weighted by molar-refractivity contribution is 5.99. The molecule has 1 N–H and O–H groups in total. The normalized spacial score (nSPS) is 21.8. The Balaban J connectivity index is 2.70. The van der Waals surface area contributed by atoms with E-state index in [9.17, 15) is 9.59 Å². The summed E-state index contributed by atoms with van der Waals surface area (Å²) in [5.41, 5.74) is -0.850. The smallest absolute Gasteiger partial charge is 0.248 e. The van der Waals surface area contributed by atoms with E-state index in [2.05, 4.69) is 5.32 Å². The fraction of sp³-hybridized carbons (Fsp3) is 0.867. The minimum Gasteiger partial charge on any atom is -0.382 e. The minimum atomic E-state index is -0.850. The third-order valence-electron chi connectivity index (χ3n) is 3.51. The van der Waals surface area contributed by atoms with Crippen LogP contribution >= 0.6 is 0 Å². The van der Waals surface area contributed by atoms with Gasteiger partial charge in [-0.15, -0.1) is 0 Å². The molecule has 1 aliphatic heterocycles. The number of methoxy groups -OCH3 is 1. The van der Waals surface area contributed by atoms with Crippen LogP contribution in [0.4, 0.5) is 0 Å². The first-order chi connectivity index (χ1) is 9.79. The molecular weight excluding hydrogens is 272 g/mol. The maximum atomic E-state index is 12.5. The third kappa shape index (κ3) is 4.97. The van der Waals surface area contributed by atoms with Gasteiger partial charge in [-0.1, -0.05) is 13.8 Å². The van der Waals surface area contributed by atoms with E-state index in [0.717, 1.165) is 0 Å². The number of amides is 2. The van der Waals surface area contributed by atoms with Crippen molar-refractivity contribution in [2.45, 2.75) is 45.7 Å². The average Bonchev–Trinajstić information content (AvgIpc) is 2.38. The van der Waals surface area contributed by atoms with E-state index in [4.69, 9.17) is 9.47 Å². The van der Waals surface area contributed by atoms with Gasteiger partial charge in [-0.3, -0.25) is 9.59 Å². The summed E-state index contributed by atoms with van der Waals surface area (Å²) in [6, 6.07) is -0.406. The Labute approximate surface area is 127 Å². The van der Waals surface area contributed by atoms with Crippen LogP contribution in [0.25, 0.3) is 0 Å². The molecule has 2 amide bonds. The van der Waals surface area contributed by atoms with E-state index in [1.54, 1.807) is 25.9 Å². The zero-order chi connectivity index (χ0) is 16.0. The van der Waals surface area contributed by atoms with Crippen molar-refractivity contribution in [1.82, 2.24) is 10.2 Å². The van der Waals surface area contributed by atoms with Gasteiger partial charge in [0.2, 0.25) is 11.8 Å². The lowest BCUT2D eigenvalue weighted by molar-refractivity contribution is -0.155. The largest absolute Gasteiger partial charge is 0.382 e. The molecule has 0 saturated carbocycles. The molecule has 0 spiro atoms. The van der Waals surface area contributed by atoms with Crippen molar-refractivity contribution in [3.05, 3.63) is 0 Å². The predicted molar refractivity (Wildman–Crippen MR) is 79.9 cm³/mol. The van der Waals surface area contributed by atoms with Crippen molar-refractivity contribution < 1.29 is 19.1 Å². The number of rotatable bonds is 8. The fourth-order valence-electron chi connectivity index (χ4n) is 2.43. The van der Waals surface area contributed by atoms with Crippen LogP contribution in [0.2, 0.25) is 0 Å². The Bertz CT molecular complexity index is 369. The molecular formula is C15H28N2O4. The second-order valence-electron chi connectivity index (χ2n) is 6.36. The Hall–Kier alpha value is -1.14. The van der Waals surface area contributed by atoms with Crippen molar-refractivity contribution >= 4 is 11.8 Å². The Kier molecular flexibility index (Phi) is 6.61. The molecule has 21 heavy (non-hydrogen) atoms. The second-order valence-corrected chi connectivity index (χ2v) is 6.36. The standard InChI is InChI=1S/C15H28N2O4/c1-11(2)10-12-13(18)16-15(3,4)14(19)17(12)6-7-21-9-8-20-5/h11-12H,6-10H2,1-5H3,(H,16,18). The number of piperazine rings is 1. The van der Waals surface area contributed by atoms with Crippen molar-refractivity contribution in [2.75, 3.05) is 33.5 Å². The topological polar surface area (TPSA) is 67.9 Å². The van der Waals surface area contributed by atoms with E-state index < -0.39 is 11.6 Å². The van der Waals surface area contributed by atoms with Crippen LogP contribution in [0.3, 0.4) is 0 Å². The van der Waals surface area contributed by atoms with Crippen molar-refractivity contribution in [2.24, 2.45) is 5.92 Å². The summed E-state index contributed by atoms with van der Waals surface area (Å²) in [7, 11) is 1.61. The lowest BCUT2D eigenvalue weighted by Gasteiger charge is -2.43. The molecule has 1 saturated heterocycles. The van der Waals surface area contributed by atoms with E-state index in [1.165, 1.54) is 0 Å². The molecule has 0 aromatic heterocycles. The molecule has 6 nitrogen and oxygen atoms in total. The summed E-state index contributed by atoms with van der Waals surface area (Å²) in [6.07, 6.45) is 0.658. The lowest BCUT2D eigenvalue weighted by Crippen LogP contribution is -2.68. The SMILES string of the molecule is COCCOCCN1C(=O)C(C)(C)NC(=O)C1CC(C)C. The number of hydrogen-bond acceptors (Lipinski definition) is 4. The van der Waals surface area contributed by atoms with Crippen LogP contribution in [0.15, 0.2) is 0 Å². The molecule has 0 aliphatic carbocycles. The summed E-state index contributed by atoms with van der Waals surface area (Å²) in [6.45, 7) is 9.41. The van der Waals surface area contributed by atoms with Gasteiger partial charge in [0, 0.05) is 13.7 Å². The summed E-state index contributed by atoms with van der Waals surface area (Å²) in [5, 5.41) is 2.81. The molecule has 1 rings (SSSR count). The lowest BCUT2D eigenvalue weighted by atomic mass is 9.92. The number of nitrogens with zero attached hydrogens (tertiary/aromatic N) is 1. The summed E-state index contributed by atoms with van der Waals surface area (Å²) in [5.74, 6) is 0.208. The monoisotopic (exact) mass is 300 g/mol. The molecule has 0 aromatic carbocycles. The molecule has 1 heterocycles. The summed E-state index contributed by atoms with van der Waals surface area (Å²) < 4.78 is 10.3. The van der Waals surface area contributed by atoms with Gasteiger partial charge in [0.05, 0.1) is 19.8 Å². The number of nitrogens with one attached hydrogen (secondary N) is 1. The van der Waals surface area contributed by atoms with Crippen LogP contribution in [0.1, 0.15) is 34.1 Å². The van der Waals surface area contributed by atoms with Gasteiger partial charge >= 0.3 is 0 Å². The first kappa shape index (κ1) is 17.9. The third-order valence-corrected chi connectivity index (χ3v) is 3.51. The Morgan fingerprint density at radius 2 is 1.90 bits per heavy atom. The predicted octanol–water partition coefficient (Wildman–Crippen LogP) is 0.801. The first-order valence-electron chi connectivity index (χ1n) is 7.49. The van der Waals surface area contributed by atoms with Gasteiger partial charge in [0.15, 0.2) is 0 Å². The molecule has 1 atom stereocenters. The van der Waals surface area contributed by atoms with Crippen LogP contribution in [0.5, 0.6) is 0 Å². The number of hydrogen-bond donors (Lipinski definition) is 1. The highest BCUT2D eigenvalue weighted by atomic mass is 16.5. The number of carbonyl (C=O) groups is 2. The van der Waals surface area contributed by atoms with Crippen LogP contribution in [0, 0.1) is 5.92 Å². The van der Waals surface area contributed by atoms with Gasteiger partial charge in [-0.25, -0.2) is 0 Å². The van der Waals surface area contributed by atoms with Crippen molar-refractivity contribution in [1.29, 1.82) is 0 Å². The van der Waals surface area contributed by atoms with Gasteiger partial charge in [0.1, 0.15) is 11.6 Å². The maximum absolute atomic E-state index is 12.5. The number of ether oxygens (including phenoxy) is 2. The van der Waals surface area contributed by atoms with Crippen molar-refractivity contribution in [3.63, 3.8) is 0 Å². The van der Waals surface area contributed by atoms with Crippen LogP contribution in [-0.4, -0.2) is 61.8 Å². The quantitative estimate of drug-likeness (QED) is 0.673. The highest BCUT2D eigenvalue weighted by Crippen LogP contribution is 2.22. The van der Waals surface area contributed by atoms with Gasteiger partial charge in [-0.05, 0) is 26.2 Å². The fourth-order valence-corrected chi connectivity index (χ4v) is 2.43. The zero-order valence-corrected chi connectivity index (χ0v) is 13.8. The van der Waals surface area contributed by atoms with Crippen molar-refractivity contribution in [3.8, 4) is 0 Å². The Morgan fingerprint density at radius 1 is 1.24 bits per heavy atom. The Morgan fingerprint density at radius 3 is 2.48 bits per heavy atom. The van der Waals surface area contributed by atoms with E-state index in [1.807, 2.05) is 13.8 Å². The second kappa shape index (κ2) is 7.75. The molecule has 1 fully saturated rings. The minimum absolute atomic E-state index is 0.0527. The van der Waals surface area contributed by atoms with E-state index in [0.29, 0.717) is 38.7 Å². The zero-order valence-electron chi connectivity index (χ0n) is 13.8. The van der Waals surface area contributed by atoms with Gasteiger partial charge < -0.3 is 19.7 Å². The molecule has 1 unspecified atom stereocenters. The van der Waals surface area contributed by atoms with Gasteiger partial charge in [-0.2, -0.15) is 0 Å². The molecule has 0 bridgehead atoms. The molecule has 122 valence electrons. The maximum Gasteiger partial charge on any atom is 0.248 e. The summed E-state index contributed by atoms with van der Waals surface area (Å²) in [4.78, 5) is 26.5. The van der Waals surface area contributed by atoms with Crippen LogP contribution < -0.4 is 5.32 Å². The van der Waals surface area contributed by atoms with Gasteiger partial charge in [0.25, 0.3) is 0 Å². The molecule has 0 radical (unpaired) electrons. The van der Waals surface area contributed by atoms with Crippen LogP contribution in [-0.2, 0) is 19.1 Å². The van der Waals surface area contributed by atoms with E-state index in [-0.39, 0.29) is 11.8 Å². The van der Waals surface area contributed by atoms with E-state index >= 15 is 0 Å². The first-order valence-corrected chi connectivity index (χ1v) is 7.49. The molecule has 6 heteroatoms. The highest BCUT2D eigenvalue weighted by Gasteiger charge is 2.44. The average molecular weight is 300 g/mol. The molecule has 1 aliphatic rings. The summed E-state index contributed by atoms with van der Waals surface area (Å²) >= 11 is 0. The number of carbonyl (C=O) groups excluding carboxylic acids is 2. The molecule has 0 aromatic rings.